The number of halogens is 1. The Kier molecular flexibility index (Phi) is 1.89. The fraction of sp³-hybridized carbons (Fsp3) is 0.0909. The van der Waals surface area contributed by atoms with Crippen molar-refractivity contribution in [1.82, 2.24) is 0 Å². The van der Waals surface area contributed by atoms with Crippen molar-refractivity contribution >= 4 is 0 Å². The van der Waals surface area contributed by atoms with E-state index in [1.54, 1.807) is 0 Å². The van der Waals surface area contributed by atoms with Gasteiger partial charge in [0.1, 0.15) is 0 Å². The van der Waals surface area contributed by atoms with Crippen molar-refractivity contribution in [1.29, 1.82) is 0 Å². The molecule has 13 heavy (non-hydrogen) atoms. The Bertz CT molecular complexity index is 400. The van der Waals surface area contributed by atoms with Crippen LogP contribution in [0.1, 0.15) is 5.56 Å². The third kappa shape index (κ3) is 1.47. The lowest BCUT2D eigenvalue weighted by Gasteiger charge is -1.97. The average molecular weight is 176 g/mol. The second-order valence-electron chi connectivity index (χ2n) is 2.96. The zero-order valence-corrected chi connectivity index (χ0v) is 7.25. The van der Waals surface area contributed by atoms with Gasteiger partial charge in [0.15, 0.2) is 11.6 Å². The van der Waals surface area contributed by atoms with Gasteiger partial charge in [-0.3, -0.25) is 0 Å². The van der Waals surface area contributed by atoms with Gasteiger partial charge < -0.3 is 4.42 Å². The molecule has 0 N–H and O–H groups in total. The number of benzene rings is 1. The number of aryl methyl sites for hydroxylation is 1. The van der Waals surface area contributed by atoms with Gasteiger partial charge in [0.2, 0.25) is 0 Å². The summed E-state index contributed by atoms with van der Waals surface area (Å²) in [5.41, 5.74) is 1.92. The van der Waals surface area contributed by atoms with Crippen LogP contribution in [0, 0.1) is 12.7 Å². The molecule has 66 valence electrons. The average Bonchev–Trinajstić information content (AvgIpc) is 2.53. The maximum atomic E-state index is 13.0. The maximum absolute atomic E-state index is 13.0. The molecule has 2 aromatic rings. The van der Waals surface area contributed by atoms with Gasteiger partial charge in [0, 0.05) is 11.6 Å². The van der Waals surface area contributed by atoms with Crippen LogP contribution in [0.3, 0.4) is 0 Å². The summed E-state index contributed by atoms with van der Waals surface area (Å²) in [5, 5.41) is 0. The molecule has 1 aromatic carbocycles. The first kappa shape index (κ1) is 8.05. The van der Waals surface area contributed by atoms with Gasteiger partial charge in [-0.15, -0.1) is 0 Å². The van der Waals surface area contributed by atoms with Crippen molar-refractivity contribution in [3.8, 4) is 11.3 Å². The van der Waals surface area contributed by atoms with E-state index >= 15 is 0 Å². The van der Waals surface area contributed by atoms with Crippen LogP contribution in [-0.4, -0.2) is 0 Å². The molecular formula is C11H9FO. The zero-order valence-electron chi connectivity index (χ0n) is 7.25. The number of furan rings is 1. The van der Waals surface area contributed by atoms with Crippen LogP contribution < -0.4 is 0 Å². The molecular weight excluding hydrogens is 167 g/mol. The minimum atomic E-state index is -0.316. The summed E-state index contributed by atoms with van der Waals surface area (Å²) in [7, 11) is 0. The van der Waals surface area contributed by atoms with Gasteiger partial charge in [-0.05, 0) is 6.92 Å². The molecule has 1 nitrogen and oxygen atoms in total. The first-order chi connectivity index (χ1) is 6.27. The smallest absolute Gasteiger partial charge is 0.169 e. The fourth-order valence-electron chi connectivity index (χ4n) is 1.20. The maximum Gasteiger partial charge on any atom is 0.169 e. The summed E-state index contributed by atoms with van der Waals surface area (Å²) in [6, 6.07) is 8.86. The SMILES string of the molecule is Cc1ccc(-c2occc2F)cc1. The van der Waals surface area contributed by atoms with Crippen LogP contribution in [0.2, 0.25) is 0 Å². The van der Waals surface area contributed by atoms with Crippen LogP contribution in [0.25, 0.3) is 11.3 Å². The summed E-state index contributed by atoms with van der Waals surface area (Å²) in [4.78, 5) is 0. The minimum Gasteiger partial charge on any atom is -0.461 e. The molecule has 0 atom stereocenters. The van der Waals surface area contributed by atoms with E-state index in [0.29, 0.717) is 5.76 Å². The molecule has 0 radical (unpaired) electrons. The Hall–Kier alpha value is -1.57. The first-order valence-electron chi connectivity index (χ1n) is 4.07. The molecule has 0 saturated heterocycles. The molecule has 0 bridgehead atoms. The Labute approximate surface area is 75.8 Å². The minimum absolute atomic E-state index is 0.306. The molecule has 2 heteroatoms. The van der Waals surface area contributed by atoms with Gasteiger partial charge in [0.05, 0.1) is 6.26 Å². The van der Waals surface area contributed by atoms with Crippen LogP contribution in [-0.2, 0) is 0 Å². The monoisotopic (exact) mass is 176 g/mol. The zero-order chi connectivity index (χ0) is 9.26. The topological polar surface area (TPSA) is 13.1 Å². The fourth-order valence-corrected chi connectivity index (χ4v) is 1.20. The molecule has 0 spiro atoms. The third-order valence-corrected chi connectivity index (χ3v) is 1.93. The van der Waals surface area contributed by atoms with Gasteiger partial charge in [-0.1, -0.05) is 29.8 Å². The predicted octanol–water partition coefficient (Wildman–Crippen LogP) is 3.39. The van der Waals surface area contributed by atoms with Crippen molar-refractivity contribution in [3.63, 3.8) is 0 Å². The van der Waals surface area contributed by atoms with Gasteiger partial charge in [0.25, 0.3) is 0 Å². The Morgan fingerprint density at radius 1 is 1.08 bits per heavy atom. The lowest BCUT2D eigenvalue weighted by molar-refractivity contribution is 0.549. The summed E-state index contributed by atoms with van der Waals surface area (Å²) >= 11 is 0. The Morgan fingerprint density at radius 3 is 2.31 bits per heavy atom. The second-order valence-corrected chi connectivity index (χ2v) is 2.96. The lowest BCUT2D eigenvalue weighted by Crippen LogP contribution is -1.78. The molecule has 1 aromatic heterocycles. The van der Waals surface area contributed by atoms with E-state index in [-0.39, 0.29) is 5.82 Å². The van der Waals surface area contributed by atoms with Crippen molar-refractivity contribution in [3.05, 3.63) is 48.0 Å². The van der Waals surface area contributed by atoms with Gasteiger partial charge >= 0.3 is 0 Å². The van der Waals surface area contributed by atoms with Crippen LogP contribution >= 0.6 is 0 Å². The summed E-state index contributed by atoms with van der Waals surface area (Å²) in [5.74, 6) is -0.0103. The number of rotatable bonds is 1. The molecule has 0 unspecified atom stereocenters. The standard InChI is InChI=1S/C11H9FO/c1-8-2-4-9(5-3-8)11-10(12)6-7-13-11/h2-7H,1H3. The highest BCUT2D eigenvalue weighted by Crippen LogP contribution is 2.23. The summed E-state index contributed by atoms with van der Waals surface area (Å²) < 4.78 is 18.1. The first-order valence-corrected chi connectivity index (χ1v) is 4.07. The normalized spacial score (nSPS) is 10.3. The quantitative estimate of drug-likeness (QED) is 0.649. The highest BCUT2D eigenvalue weighted by Gasteiger charge is 2.06. The van der Waals surface area contributed by atoms with Crippen LogP contribution in [0.15, 0.2) is 41.0 Å². The molecule has 0 aliphatic carbocycles. The number of hydrogen-bond acceptors (Lipinski definition) is 1. The van der Waals surface area contributed by atoms with E-state index < -0.39 is 0 Å². The van der Waals surface area contributed by atoms with Gasteiger partial charge in [-0.25, -0.2) is 4.39 Å². The Morgan fingerprint density at radius 2 is 1.77 bits per heavy atom. The van der Waals surface area contributed by atoms with Crippen LogP contribution in [0.5, 0.6) is 0 Å². The molecule has 2 rings (SSSR count). The molecule has 1 heterocycles. The highest BCUT2D eigenvalue weighted by atomic mass is 19.1. The van der Waals surface area contributed by atoms with Crippen molar-refractivity contribution in [2.45, 2.75) is 6.92 Å². The third-order valence-electron chi connectivity index (χ3n) is 1.93. The van der Waals surface area contributed by atoms with E-state index in [1.165, 1.54) is 12.3 Å². The molecule has 0 fully saturated rings. The molecule has 0 amide bonds. The lowest BCUT2D eigenvalue weighted by atomic mass is 10.1. The predicted molar refractivity (Wildman–Crippen MR) is 48.8 cm³/mol. The van der Waals surface area contributed by atoms with Crippen LogP contribution in [0.4, 0.5) is 4.39 Å². The molecule has 0 saturated carbocycles. The van der Waals surface area contributed by atoms with Crippen molar-refractivity contribution < 1.29 is 8.81 Å². The van der Waals surface area contributed by atoms with E-state index in [2.05, 4.69) is 0 Å². The van der Waals surface area contributed by atoms with E-state index in [4.69, 9.17) is 4.42 Å². The Balaban J connectivity index is 2.47. The van der Waals surface area contributed by atoms with Gasteiger partial charge in [-0.2, -0.15) is 0 Å². The molecule has 0 aliphatic heterocycles. The van der Waals surface area contributed by atoms with Crippen molar-refractivity contribution in [2.24, 2.45) is 0 Å². The number of hydrogen-bond donors (Lipinski definition) is 0. The summed E-state index contributed by atoms with van der Waals surface area (Å²) in [6.45, 7) is 1.99. The molecule has 0 aliphatic rings. The second kappa shape index (κ2) is 3.05. The van der Waals surface area contributed by atoms with Crippen molar-refractivity contribution in [2.75, 3.05) is 0 Å². The highest BCUT2D eigenvalue weighted by molar-refractivity contribution is 5.58. The summed E-state index contributed by atoms with van der Waals surface area (Å²) in [6.07, 6.45) is 1.35. The largest absolute Gasteiger partial charge is 0.461 e. The van der Waals surface area contributed by atoms with E-state index in [9.17, 15) is 4.39 Å². The van der Waals surface area contributed by atoms with E-state index in [1.807, 2.05) is 31.2 Å². The van der Waals surface area contributed by atoms with E-state index in [0.717, 1.165) is 11.1 Å².